The summed E-state index contributed by atoms with van der Waals surface area (Å²) in [4.78, 5) is 14.0. The maximum absolute atomic E-state index is 7.00. The van der Waals surface area contributed by atoms with Crippen molar-refractivity contribution in [2.24, 2.45) is 0 Å². The van der Waals surface area contributed by atoms with E-state index in [2.05, 4.69) is 129 Å². The minimum Gasteiger partial charge on any atom is -0.414 e. The normalized spacial score (nSPS) is 20.3. The quantitative estimate of drug-likeness (QED) is 0.198. The van der Waals surface area contributed by atoms with Gasteiger partial charge in [-0.25, -0.2) is 15.0 Å². The molecule has 1 N–H and O–H groups in total. The molecule has 3 atom stereocenters. The monoisotopic (exact) mass is 699 g/mol. The fourth-order valence-electron chi connectivity index (χ4n) is 4.72. The van der Waals surface area contributed by atoms with Gasteiger partial charge in [-0.05, 0) is 72.1 Å². The van der Waals surface area contributed by atoms with Gasteiger partial charge in [0.1, 0.15) is 18.7 Å². The standard InChI is InChI=1S/C35H61N5O4Si3/c1-33(2,3)45(10,11)41-21-25-17-16-18-26(19-25)39-31-30-32(37-23-36-31)40(24-38-30)29-20-27(44-47(14,15)35(7,8)9)28(43-29)22-42-46(12,13)34(4,5)6/h16-19,23-24,27-29H,20-22H2,1-15H3,(H,36,37,39)/t27-,28+,29+/m0/s1. The summed E-state index contributed by atoms with van der Waals surface area (Å²) in [6.07, 6.45) is 3.56. The van der Waals surface area contributed by atoms with E-state index in [1.54, 1.807) is 6.33 Å². The molecule has 0 radical (unpaired) electrons. The van der Waals surface area contributed by atoms with Crippen LogP contribution in [0.15, 0.2) is 36.9 Å². The van der Waals surface area contributed by atoms with Crippen molar-refractivity contribution in [3.63, 3.8) is 0 Å². The van der Waals surface area contributed by atoms with Gasteiger partial charge in [-0.2, -0.15) is 0 Å². The second kappa shape index (κ2) is 13.4. The van der Waals surface area contributed by atoms with Crippen LogP contribution >= 0.6 is 0 Å². The van der Waals surface area contributed by atoms with Crippen LogP contribution in [0.5, 0.6) is 0 Å². The molecular weight excluding hydrogens is 639 g/mol. The number of hydrogen-bond acceptors (Lipinski definition) is 8. The molecule has 3 heterocycles. The number of rotatable bonds is 11. The van der Waals surface area contributed by atoms with Crippen LogP contribution in [0.2, 0.25) is 54.4 Å². The van der Waals surface area contributed by atoms with Crippen molar-refractivity contribution in [1.82, 2.24) is 19.5 Å². The van der Waals surface area contributed by atoms with Crippen molar-refractivity contribution in [2.75, 3.05) is 11.9 Å². The molecule has 0 saturated carbocycles. The largest absolute Gasteiger partial charge is 0.414 e. The van der Waals surface area contributed by atoms with Gasteiger partial charge in [-0.15, -0.1) is 0 Å². The average Bonchev–Trinajstić information content (AvgIpc) is 3.53. The number of imidazole rings is 1. The number of aromatic nitrogens is 4. The molecule has 1 aliphatic heterocycles. The first-order chi connectivity index (χ1) is 21.4. The highest BCUT2D eigenvalue weighted by molar-refractivity contribution is 6.75. The molecule has 1 aliphatic rings. The summed E-state index contributed by atoms with van der Waals surface area (Å²) in [6.45, 7) is 35.3. The molecule has 47 heavy (non-hydrogen) atoms. The summed E-state index contributed by atoms with van der Waals surface area (Å²) in [5.74, 6) is 0.654. The van der Waals surface area contributed by atoms with Gasteiger partial charge in [-0.3, -0.25) is 4.57 Å². The molecule has 0 spiro atoms. The Morgan fingerprint density at radius 1 is 0.830 bits per heavy atom. The fourth-order valence-corrected chi connectivity index (χ4v) is 8.05. The van der Waals surface area contributed by atoms with Crippen LogP contribution in [0.1, 0.15) is 80.5 Å². The number of hydrogen-bond donors (Lipinski definition) is 1. The molecule has 3 aromatic rings. The minimum atomic E-state index is -2.07. The topological polar surface area (TPSA) is 92.6 Å². The zero-order valence-electron chi connectivity index (χ0n) is 31.7. The third-order valence-corrected chi connectivity index (χ3v) is 24.6. The molecule has 1 fully saturated rings. The van der Waals surface area contributed by atoms with Gasteiger partial charge in [0.25, 0.3) is 0 Å². The average molecular weight is 700 g/mol. The van der Waals surface area contributed by atoms with Gasteiger partial charge in [0.15, 0.2) is 41.9 Å². The molecule has 262 valence electrons. The number of nitrogens with one attached hydrogen (secondary N) is 1. The number of benzene rings is 1. The number of fused-ring (bicyclic) bond motifs is 1. The molecule has 9 nitrogen and oxygen atoms in total. The van der Waals surface area contributed by atoms with Crippen molar-refractivity contribution in [1.29, 1.82) is 0 Å². The summed E-state index contributed by atoms with van der Waals surface area (Å²) in [6, 6.07) is 8.31. The Labute approximate surface area is 287 Å². The predicted octanol–water partition coefficient (Wildman–Crippen LogP) is 9.79. The summed E-state index contributed by atoms with van der Waals surface area (Å²) in [5.41, 5.74) is 3.47. The lowest BCUT2D eigenvalue weighted by molar-refractivity contribution is -0.0383. The first kappa shape index (κ1) is 37.9. The minimum absolute atomic E-state index is 0.0829. The molecule has 12 heteroatoms. The maximum atomic E-state index is 7.00. The second-order valence-corrected chi connectivity index (χ2v) is 32.1. The van der Waals surface area contributed by atoms with E-state index in [9.17, 15) is 0 Å². The molecule has 0 unspecified atom stereocenters. The Morgan fingerprint density at radius 2 is 1.45 bits per heavy atom. The van der Waals surface area contributed by atoms with Crippen LogP contribution < -0.4 is 5.32 Å². The molecule has 0 aliphatic carbocycles. The molecular formula is C35H61N5O4Si3. The SMILES string of the molecule is CC(C)(C)[Si](C)(C)OCc1cccc(Nc2ncnc3c2ncn3[C@H]2C[C@H](O[Si](C)(C)C(C)(C)C)[C@@H](CO[Si](C)(C)C(C)(C)C)O2)c1. The highest BCUT2D eigenvalue weighted by Crippen LogP contribution is 2.43. The molecule has 2 aromatic heterocycles. The predicted molar refractivity (Wildman–Crippen MR) is 201 cm³/mol. The number of anilines is 2. The van der Waals surface area contributed by atoms with E-state index < -0.39 is 25.0 Å². The number of ether oxygens (including phenoxy) is 1. The summed E-state index contributed by atoms with van der Waals surface area (Å²) in [5, 5.41) is 3.84. The van der Waals surface area contributed by atoms with Crippen molar-refractivity contribution in [3.05, 3.63) is 42.5 Å². The third kappa shape index (κ3) is 8.63. The van der Waals surface area contributed by atoms with E-state index in [0.29, 0.717) is 31.0 Å². The van der Waals surface area contributed by atoms with Crippen LogP contribution in [0.25, 0.3) is 11.2 Å². The summed E-state index contributed by atoms with van der Waals surface area (Å²) < 4.78 is 29.0. The molecule has 0 bridgehead atoms. The van der Waals surface area contributed by atoms with E-state index in [-0.39, 0.29) is 33.6 Å². The summed E-state index contributed by atoms with van der Waals surface area (Å²) in [7, 11) is -5.91. The molecule has 0 amide bonds. The lowest BCUT2D eigenvalue weighted by Gasteiger charge is -2.40. The first-order valence-corrected chi connectivity index (χ1v) is 25.8. The van der Waals surface area contributed by atoms with Crippen LogP contribution in [-0.4, -0.2) is 63.3 Å². The second-order valence-electron chi connectivity index (χ2n) is 17.8. The van der Waals surface area contributed by atoms with Crippen LogP contribution in [-0.2, 0) is 24.6 Å². The van der Waals surface area contributed by atoms with Crippen molar-refractivity contribution >= 4 is 47.6 Å². The van der Waals surface area contributed by atoms with Gasteiger partial charge < -0.3 is 23.3 Å². The zero-order chi connectivity index (χ0) is 35.2. The zero-order valence-corrected chi connectivity index (χ0v) is 34.7. The highest BCUT2D eigenvalue weighted by Gasteiger charge is 2.47. The van der Waals surface area contributed by atoms with Crippen molar-refractivity contribution in [3.8, 4) is 0 Å². The van der Waals surface area contributed by atoms with Crippen LogP contribution in [0.3, 0.4) is 0 Å². The lowest BCUT2D eigenvalue weighted by atomic mass is 10.2. The Bertz CT molecular complexity index is 1520. The maximum Gasteiger partial charge on any atom is 0.192 e. The summed E-state index contributed by atoms with van der Waals surface area (Å²) >= 11 is 0. The van der Waals surface area contributed by atoms with Gasteiger partial charge in [0.2, 0.25) is 0 Å². The fraction of sp³-hybridized carbons (Fsp3) is 0.686. The van der Waals surface area contributed by atoms with E-state index in [4.69, 9.17) is 23.0 Å². The van der Waals surface area contributed by atoms with E-state index in [1.807, 2.05) is 23.0 Å². The van der Waals surface area contributed by atoms with E-state index in [1.165, 1.54) is 0 Å². The van der Waals surface area contributed by atoms with Gasteiger partial charge >= 0.3 is 0 Å². The smallest absolute Gasteiger partial charge is 0.192 e. The molecule has 1 saturated heterocycles. The van der Waals surface area contributed by atoms with Gasteiger partial charge in [0.05, 0.1) is 25.6 Å². The van der Waals surface area contributed by atoms with Crippen LogP contribution in [0.4, 0.5) is 11.5 Å². The van der Waals surface area contributed by atoms with Gasteiger partial charge in [0, 0.05) is 12.1 Å². The third-order valence-electron chi connectivity index (χ3n) is 11.1. The Hall–Kier alpha value is -1.94. The van der Waals surface area contributed by atoms with Crippen molar-refractivity contribution in [2.45, 2.75) is 148 Å². The van der Waals surface area contributed by atoms with Crippen molar-refractivity contribution < 1.29 is 18.0 Å². The number of nitrogens with zero attached hydrogens (tertiary/aromatic N) is 4. The van der Waals surface area contributed by atoms with E-state index >= 15 is 0 Å². The Kier molecular flexibility index (Phi) is 10.8. The molecule has 1 aromatic carbocycles. The first-order valence-electron chi connectivity index (χ1n) is 17.1. The highest BCUT2D eigenvalue weighted by atomic mass is 28.4. The Morgan fingerprint density at radius 3 is 2.06 bits per heavy atom. The lowest BCUT2D eigenvalue weighted by Crippen LogP contribution is -2.48. The van der Waals surface area contributed by atoms with Gasteiger partial charge in [-0.1, -0.05) is 74.4 Å². The molecule has 4 rings (SSSR count). The van der Waals surface area contributed by atoms with E-state index in [0.717, 1.165) is 16.9 Å². The Balaban J connectivity index is 1.56. The van der Waals surface area contributed by atoms with Crippen LogP contribution in [0, 0.1) is 0 Å².